The van der Waals surface area contributed by atoms with E-state index in [9.17, 15) is 0 Å². The van der Waals surface area contributed by atoms with E-state index >= 15 is 0 Å². The molecule has 1 fully saturated rings. The van der Waals surface area contributed by atoms with Crippen molar-refractivity contribution in [3.8, 4) is 0 Å². The van der Waals surface area contributed by atoms with E-state index in [4.69, 9.17) is 16.3 Å². The molecule has 0 aromatic carbocycles. The van der Waals surface area contributed by atoms with E-state index in [-0.39, 0.29) is 11.4 Å². The Kier molecular flexibility index (Phi) is 4.96. The van der Waals surface area contributed by atoms with Crippen LogP contribution in [-0.4, -0.2) is 30.0 Å². The number of rotatable bonds is 1. The summed E-state index contributed by atoms with van der Waals surface area (Å²) >= 11 is 7.70. The molecule has 1 unspecified atom stereocenters. The molecule has 0 radical (unpaired) electrons. The van der Waals surface area contributed by atoms with E-state index in [1.165, 1.54) is 24.6 Å². The van der Waals surface area contributed by atoms with Gasteiger partial charge in [0, 0.05) is 0 Å². The summed E-state index contributed by atoms with van der Waals surface area (Å²) in [6.45, 7) is 0. The number of hydrogen-bond donors (Lipinski definition) is 0. The van der Waals surface area contributed by atoms with Crippen LogP contribution >= 0.6 is 23.4 Å². The maximum atomic E-state index is 6.17. The Labute approximate surface area is 89.1 Å². The third-order valence-electron chi connectivity index (χ3n) is 2.27. The molecule has 4 heteroatoms. The van der Waals surface area contributed by atoms with Crippen LogP contribution in [0.3, 0.4) is 0 Å². The summed E-state index contributed by atoms with van der Waals surface area (Å²) in [5, 5.41) is 0.948. The first kappa shape index (κ1) is 11.2. The number of aliphatic imine (C=N–C) groups is 1. The lowest BCUT2D eigenvalue weighted by molar-refractivity contribution is 0.396. The van der Waals surface area contributed by atoms with Crippen LogP contribution in [0.15, 0.2) is 4.99 Å². The molecular formula is C9H16ClNOS. The summed E-state index contributed by atoms with van der Waals surface area (Å²) in [6, 6.07) is 0.262. The normalized spacial score (nSPS) is 30.2. The highest BCUT2D eigenvalue weighted by atomic mass is 35.5. The maximum Gasteiger partial charge on any atom is 0.245 e. The zero-order valence-electron chi connectivity index (χ0n) is 8.12. The van der Waals surface area contributed by atoms with E-state index in [0.717, 1.165) is 18.1 Å². The molecule has 0 aromatic rings. The van der Waals surface area contributed by atoms with Gasteiger partial charge >= 0.3 is 0 Å². The van der Waals surface area contributed by atoms with Crippen molar-refractivity contribution >= 4 is 28.6 Å². The van der Waals surface area contributed by atoms with Crippen LogP contribution < -0.4 is 0 Å². The van der Waals surface area contributed by atoms with Gasteiger partial charge in [0.05, 0.1) is 18.5 Å². The average molecular weight is 222 g/mol. The SMILES string of the molecule is COC(=NC1CCCC[C@@H]1Cl)SC. The third-order valence-corrected chi connectivity index (χ3v) is 3.40. The van der Waals surface area contributed by atoms with Crippen molar-refractivity contribution in [2.75, 3.05) is 13.4 Å². The van der Waals surface area contributed by atoms with Crippen molar-refractivity contribution in [1.82, 2.24) is 0 Å². The number of ether oxygens (including phenoxy) is 1. The van der Waals surface area contributed by atoms with E-state index in [1.54, 1.807) is 7.11 Å². The summed E-state index contributed by atoms with van der Waals surface area (Å²) in [7, 11) is 1.65. The lowest BCUT2D eigenvalue weighted by Gasteiger charge is -2.23. The number of halogens is 1. The highest BCUT2D eigenvalue weighted by Crippen LogP contribution is 2.26. The van der Waals surface area contributed by atoms with Gasteiger partial charge in [-0.3, -0.25) is 0 Å². The van der Waals surface area contributed by atoms with Gasteiger partial charge in [-0.2, -0.15) is 0 Å². The summed E-state index contributed by atoms with van der Waals surface area (Å²) in [4.78, 5) is 4.48. The predicted molar refractivity (Wildman–Crippen MR) is 59.9 cm³/mol. The fraction of sp³-hybridized carbons (Fsp3) is 0.889. The van der Waals surface area contributed by atoms with Crippen molar-refractivity contribution in [3.05, 3.63) is 0 Å². The Hall–Kier alpha value is 0.110. The number of methoxy groups -OCH3 is 1. The molecule has 0 heterocycles. The van der Waals surface area contributed by atoms with Crippen LogP contribution in [-0.2, 0) is 4.74 Å². The van der Waals surface area contributed by atoms with Crippen LogP contribution in [0.25, 0.3) is 0 Å². The Morgan fingerprint density at radius 3 is 2.69 bits per heavy atom. The van der Waals surface area contributed by atoms with Crippen LogP contribution in [0.2, 0.25) is 0 Å². The van der Waals surface area contributed by atoms with Gasteiger partial charge in [-0.05, 0) is 19.1 Å². The Balaban J connectivity index is 2.53. The smallest absolute Gasteiger partial charge is 0.245 e. The number of hydrogen-bond acceptors (Lipinski definition) is 3. The molecule has 0 N–H and O–H groups in total. The summed E-state index contributed by atoms with van der Waals surface area (Å²) < 4.78 is 5.10. The molecule has 0 saturated heterocycles. The van der Waals surface area contributed by atoms with Crippen molar-refractivity contribution in [1.29, 1.82) is 0 Å². The standard InChI is InChI=1S/C9H16ClNOS/c1-12-9(13-2)11-8-6-4-3-5-7(8)10/h7-8H,3-6H2,1-2H3/t7-,8?/m0/s1. The van der Waals surface area contributed by atoms with E-state index < -0.39 is 0 Å². The second kappa shape index (κ2) is 5.76. The van der Waals surface area contributed by atoms with Gasteiger partial charge in [-0.1, -0.05) is 24.6 Å². The quantitative estimate of drug-likeness (QED) is 0.386. The Bertz CT molecular complexity index is 180. The van der Waals surface area contributed by atoms with Gasteiger partial charge in [0.25, 0.3) is 0 Å². The molecule has 0 bridgehead atoms. The van der Waals surface area contributed by atoms with Gasteiger partial charge in [-0.15, -0.1) is 11.6 Å². The van der Waals surface area contributed by atoms with Gasteiger partial charge in [-0.25, -0.2) is 4.99 Å². The largest absolute Gasteiger partial charge is 0.476 e. The number of thioether (sulfide) groups is 1. The molecule has 0 amide bonds. The minimum atomic E-state index is 0.200. The first-order valence-electron chi connectivity index (χ1n) is 4.57. The lowest BCUT2D eigenvalue weighted by atomic mass is 9.95. The van der Waals surface area contributed by atoms with Crippen molar-refractivity contribution in [2.45, 2.75) is 37.1 Å². The van der Waals surface area contributed by atoms with Crippen molar-refractivity contribution < 1.29 is 4.74 Å². The summed E-state index contributed by atoms with van der Waals surface area (Å²) in [5.41, 5.74) is 0. The van der Waals surface area contributed by atoms with Crippen LogP contribution in [0.1, 0.15) is 25.7 Å². The second-order valence-electron chi connectivity index (χ2n) is 3.17. The number of alkyl halides is 1. The highest BCUT2D eigenvalue weighted by molar-refractivity contribution is 8.12. The van der Waals surface area contributed by atoms with Crippen LogP contribution in [0.4, 0.5) is 0 Å². The maximum absolute atomic E-state index is 6.17. The zero-order valence-corrected chi connectivity index (χ0v) is 9.70. The van der Waals surface area contributed by atoms with Crippen molar-refractivity contribution in [2.24, 2.45) is 4.99 Å². The average Bonchev–Trinajstić information content (AvgIpc) is 2.17. The van der Waals surface area contributed by atoms with E-state index in [0.29, 0.717) is 0 Å². The zero-order chi connectivity index (χ0) is 9.68. The fourth-order valence-corrected chi connectivity index (χ4v) is 2.28. The molecule has 1 rings (SSSR count). The molecule has 1 saturated carbocycles. The molecule has 76 valence electrons. The minimum Gasteiger partial charge on any atom is -0.476 e. The summed E-state index contributed by atoms with van der Waals surface area (Å²) in [5.74, 6) is 0. The molecule has 0 aliphatic heterocycles. The predicted octanol–water partition coefficient (Wildman–Crippen LogP) is 2.90. The van der Waals surface area contributed by atoms with Crippen LogP contribution in [0.5, 0.6) is 0 Å². The first-order valence-corrected chi connectivity index (χ1v) is 6.24. The van der Waals surface area contributed by atoms with Gasteiger partial charge in [0.15, 0.2) is 0 Å². The van der Waals surface area contributed by atoms with Gasteiger partial charge in [0.2, 0.25) is 5.23 Å². The number of nitrogens with zero attached hydrogens (tertiary/aromatic N) is 1. The molecule has 13 heavy (non-hydrogen) atoms. The second-order valence-corrected chi connectivity index (χ2v) is 4.49. The van der Waals surface area contributed by atoms with Crippen LogP contribution in [0, 0.1) is 0 Å². The highest BCUT2D eigenvalue weighted by Gasteiger charge is 2.22. The van der Waals surface area contributed by atoms with Crippen molar-refractivity contribution in [3.63, 3.8) is 0 Å². The molecule has 0 spiro atoms. The molecule has 1 aliphatic rings. The molecular weight excluding hydrogens is 206 g/mol. The molecule has 0 aromatic heterocycles. The molecule has 1 aliphatic carbocycles. The minimum absolute atomic E-state index is 0.200. The molecule has 2 atom stereocenters. The van der Waals surface area contributed by atoms with Gasteiger partial charge < -0.3 is 4.74 Å². The fourth-order valence-electron chi connectivity index (χ4n) is 1.54. The Morgan fingerprint density at radius 1 is 1.46 bits per heavy atom. The Morgan fingerprint density at radius 2 is 2.15 bits per heavy atom. The summed E-state index contributed by atoms with van der Waals surface area (Å²) in [6.07, 6.45) is 6.63. The molecule has 2 nitrogen and oxygen atoms in total. The monoisotopic (exact) mass is 221 g/mol. The van der Waals surface area contributed by atoms with E-state index in [1.807, 2.05) is 6.26 Å². The third kappa shape index (κ3) is 3.39. The lowest BCUT2D eigenvalue weighted by Crippen LogP contribution is -2.24. The topological polar surface area (TPSA) is 21.6 Å². The van der Waals surface area contributed by atoms with E-state index in [2.05, 4.69) is 4.99 Å². The van der Waals surface area contributed by atoms with Gasteiger partial charge in [0.1, 0.15) is 0 Å². The first-order chi connectivity index (χ1) is 6.27.